The molecule has 0 spiro atoms. The van der Waals surface area contributed by atoms with Crippen LogP contribution in [0.15, 0.2) is 24.3 Å². The molecule has 1 rings (SSSR count). The summed E-state index contributed by atoms with van der Waals surface area (Å²) in [5, 5.41) is 15.2. The van der Waals surface area contributed by atoms with Crippen LogP contribution in [-0.2, 0) is 11.2 Å². The van der Waals surface area contributed by atoms with Crippen LogP contribution in [-0.4, -0.2) is 50.7 Å². The molecule has 21 heavy (non-hydrogen) atoms. The van der Waals surface area contributed by atoms with Gasteiger partial charge in [0.1, 0.15) is 11.4 Å². The molecule has 0 aromatic heterocycles. The number of benzene rings is 1. The van der Waals surface area contributed by atoms with Crippen LogP contribution in [0.4, 0.5) is 4.79 Å². The van der Waals surface area contributed by atoms with Crippen LogP contribution >= 0.6 is 0 Å². The van der Waals surface area contributed by atoms with Crippen LogP contribution in [0.5, 0.6) is 5.75 Å². The van der Waals surface area contributed by atoms with Crippen molar-refractivity contribution in [1.82, 2.24) is 10.6 Å². The molecular weight excluding hydrogens is 272 g/mol. The highest BCUT2D eigenvalue weighted by molar-refractivity contribution is 5.73. The molecule has 1 aromatic rings. The number of methoxy groups -OCH3 is 2. The normalized spacial score (nSPS) is 13.3. The maximum absolute atomic E-state index is 11.6. The number of aliphatic hydroxyl groups is 1. The molecule has 2 amide bonds. The molecule has 1 unspecified atom stereocenters. The monoisotopic (exact) mass is 296 g/mol. The highest BCUT2D eigenvalue weighted by Crippen LogP contribution is 2.11. The van der Waals surface area contributed by atoms with E-state index in [0.29, 0.717) is 6.54 Å². The van der Waals surface area contributed by atoms with Gasteiger partial charge in [-0.15, -0.1) is 0 Å². The smallest absolute Gasteiger partial charge is 0.314 e. The molecule has 6 heteroatoms. The summed E-state index contributed by atoms with van der Waals surface area (Å²) in [6.45, 7) is 2.42. The first kappa shape index (κ1) is 17.3. The van der Waals surface area contributed by atoms with Gasteiger partial charge in [0.05, 0.1) is 20.3 Å². The third-order valence-electron chi connectivity index (χ3n) is 2.94. The van der Waals surface area contributed by atoms with E-state index < -0.39 is 5.60 Å². The molecular formula is C15H24N2O4. The molecule has 0 saturated carbocycles. The van der Waals surface area contributed by atoms with E-state index in [0.717, 1.165) is 17.7 Å². The molecule has 0 fully saturated rings. The molecule has 0 aliphatic rings. The molecule has 0 saturated heterocycles. The van der Waals surface area contributed by atoms with Crippen molar-refractivity contribution >= 4 is 6.03 Å². The third-order valence-corrected chi connectivity index (χ3v) is 2.94. The fraction of sp³-hybridized carbons (Fsp3) is 0.533. The summed E-state index contributed by atoms with van der Waals surface area (Å²) in [5.41, 5.74) is 0.0460. The lowest BCUT2D eigenvalue weighted by Gasteiger charge is -2.22. The lowest BCUT2D eigenvalue weighted by atomic mass is 10.1. The number of urea groups is 1. The molecule has 0 radical (unpaired) electrons. The second kappa shape index (κ2) is 8.49. The number of ether oxygens (including phenoxy) is 2. The van der Waals surface area contributed by atoms with E-state index in [2.05, 4.69) is 10.6 Å². The van der Waals surface area contributed by atoms with Crippen molar-refractivity contribution in [3.8, 4) is 5.75 Å². The Hall–Kier alpha value is -1.79. The summed E-state index contributed by atoms with van der Waals surface area (Å²) in [6, 6.07) is 7.39. The van der Waals surface area contributed by atoms with E-state index in [-0.39, 0.29) is 19.2 Å². The van der Waals surface area contributed by atoms with E-state index in [9.17, 15) is 9.90 Å². The Labute approximate surface area is 125 Å². The zero-order valence-electron chi connectivity index (χ0n) is 12.8. The minimum Gasteiger partial charge on any atom is -0.497 e. The molecule has 0 aliphatic heterocycles. The van der Waals surface area contributed by atoms with Crippen molar-refractivity contribution in [3.05, 3.63) is 29.8 Å². The molecule has 3 N–H and O–H groups in total. The van der Waals surface area contributed by atoms with Crippen LogP contribution in [0.25, 0.3) is 0 Å². The van der Waals surface area contributed by atoms with Gasteiger partial charge in [0, 0.05) is 13.7 Å². The summed E-state index contributed by atoms with van der Waals surface area (Å²) in [7, 11) is 3.13. The van der Waals surface area contributed by atoms with Crippen molar-refractivity contribution in [1.29, 1.82) is 0 Å². The predicted octanol–water partition coefficient (Wildman–Crippen LogP) is 0.934. The van der Waals surface area contributed by atoms with Crippen molar-refractivity contribution in [3.63, 3.8) is 0 Å². The van der Waals surface area contributed by atoms with Crippen LogP contribution in [0.3, 0.4) is 0 Å². The molecule has 0 bridgehead atoms. The quantitative estimate of drug-likeness (QED) is 0.667. The van der Waals surface area contributed by atoms with Crippen LogP contribution in [0, 0.1) is 0 Å². The average Bonchev–Trinajstić information content (AvgIpc) is 2.46. The number of carbonyl (C=O) groups is 1. The Morgan fingerprint density at radius 2 is 1.90 bits per heavy atom. The highest BCUT2D eigenvalue weighted by Gasteiger charge is 2.20. The Kier molecular flexibility index (Phi) is 6.98. The fourth-order valence-corrected chi connectivity index (χ4v) is 1.81. The van der Waals surface area contributed by atoms with Gasteiger partial charge in [-0.2, -0.15) is 0 Å². The van der Waals surface area contributed by atoms with Crippen LogP contribution in [0.1, 0.15) is 12.5 Å². The van der Waals surface area contributed by atoms with Crippen molar-refractivity contribution < 1.29 is 19.4 Å². The predicted molar refractivity (Wildman–Crippen MR) is 80.6 cm³/mol. The Bertz CT molecular complexity index is 432. The first-order chi connectivity index (χ1) is 9.96. The van der Waals surface area contributed by atoms with Gasteiger partial charge in [0.2, 0.25) is 0 Å². The number of hydrogen-bond acceptors (Lipinski definition) is 4. The standard InChI is InChI=1S/C15H24N2O4/c1-15(19,11-20-2)10-17-14(18)16-9-8-12-4-6-13(21-3)7-5-12/h4-7,19H,8-11H2,1-3H3,(H2,16,17,18). The number of rotatable bonds is 8. The maximum Gasteiger partial charge on any atom is 0.314 e. The topological polar surface area (TPSA) is 79.8 Å². The zero-order chi connectivity index (χ0) is 15.7. The lowest BCUT2D eigenvalue weighted by Crippen LogP contribution is -2.47. The maximum atomic E-state index is 11.6. The Morgan fingerprint density at radius 3 is 2.48 bits per heavy atom. The minimum absolute atomic E-state index is 0.134. The number of hydrogen-bond donors (Lipinski definition) is 3. The second-order valence-corrected chi connectivity index (χ2v) is 5.14. The second-order valence-electron chi connectivity index (χ2n) is 5.14. The van der Waals surface area contributed by atoms with Gasteiger partial charge in [-0.3, -0.25) is 0 Å². The molecule has 0 heterocycles. The van der Waals surface area contributed by atoms with E-state index in [1.165, 1.54) is 7.11 Å². The van der Waals surface area contributed by atoms with Crippen LogP contribution in [0.2, 0.25) is 0 Å². The summed E-state index contributed by atoms with van der Waals surface area (Å²) in [5.74, 6) is 0.810. The molecule has 1 aromatic carbocycles. The highest BCUT2D eigenvalue weighted by atomic mass is 16.5. The zero-order valence-corrected chi connectivity index (χ0v) is 12.8. The van der Waals surface area contributed by atoms with Crippen molar-refractivity contribution in [2.24, 2.45) is 0 Å². The Morgan fingerprint density at radius 1 is 1.24 bits per heavy atom. The fourth-order valence-electron chi connectivity index (χ4n) is 1.81. The number of nitrogens with one attached hydrogen (secondary N) is 2. The van der Waals surface area contributed by atoms with Gasteiger partial charge in [-0.1, -0.05) is 12.1 Å². The van der Waals surface area contributed by atoms with Gasteiger partial charge < -0.3 is 25.2 Å². The summed E-state index contributed by atoms with van der Waals surface area (Å²) in [6.07, 6.45) is 0.728. The summed E-state index contributed by atoms with van der Waals surface area (Å²) in [4.78, 5) is 11.6. The lowest BCUT2D eigenvalue weighted by molar-refractivity contribution is -0.0136. The summed E-state index contributed by atoms with van der Waals surface area (Å²) >= 11 is 0. The average molecular weight is 296 g/mol. The molecule has 6 nitrogen and oxygen atoms in total. The SMILES string of the molecule is COCC(C)(O)CNC(=O)NCCc1ccc(OC)cc1. The minimum atomic E-state index is -1.07. The summed E-state index contributed by atoms with van der Waals surface area (Å²) < 4.78 is 9.95. The van der Waals surface area contributed by atoms with Gasteiger partial charge >= 0.3 is 6.03 Å². The van der Waals surface area contributed by atoms with Gasteiger partial charge in [0.15, 0.2) is 0 Å². The third kappa shape index (κ3) is 6.97. The van der Waals surface area contributed by atoms with Crippen LogP contribution < -0.4 is 15.4 Å². The van der Waals surface area contributed by atoms with E-state index in [1.807, 2.05) is 24.3 Å². The molecule has 1 atom stereocenters. The van der Waals surface area contributed by atoms with Gasteiger partial charge in [-0.05, 0) is 31.0 Å². The van der Waals surface area contributed by atoms with Crippen molar-refractivity contribution in [2.75, 3.05) is 33.9 Å². The van der Waals surface area contributed by atoms with Gasteiger partial charge in [0.25, 0.3) is 0 Å². The first-order valence-electron chi connectivity index (χ1n) is 6.83. The first-order valence-corrected chi connectivity index (χ1v) is 6.83. The Balaban J connectivity index is 2.23. The van der Waals surface area contributed by atoms with Gasteiger partial charge in [-0.25, -0.2) is 4.79 Å². The van der Waals surface area contributed by atoms with E-state index in [4.69, 9.17) is 9.47 Å². The van der Waals surface area contributed by atoms with E-state index >= 15 is 0 Å². The molecule has 0 aliphatic carbocycles. The van der Waals surface area contributed by atoms with E-state index in [1.54, 1.807) is 14.0 Å². The number of amides is 2. The number of carbonyl (C=O) groups excluding carboxylic acids is 1. The largest absolute Gasteiger partial charge is 0.497 e. The molecule has 118 valence electrons. The van der Waals surface area contributed by atoms with Crippen molar-refractivity contribution in [2.45, 2.75) is 18.9 Å².